The highest BCUT2D eigenvalue weighted by atomic mass is 16.5. The van der Waals surface area contributed by atoms with Crippen LogP contribution in [0.3, 0.4) is 0 Å². The summed E-state index contributed by atoms with van der Waals surface area (Å²) in [5.41, 5.74) is 1.77. The lowest BCUT2D eigenvalue weighted by Crippen LogP contribution is -2.35. The lowest BCUT2D eigenvalue weighted by Gasteiger charge is -2.15. The Morgan fingerprint density at radius 1 is 1.08 bits per heavy atom. The summed E-state index contributed by atoms with van der Waals surface area (Å²) in [6.45, 7) is 5.61. The van der Waals surface area contributed by atoms with E-state index in [1.807, 2.05) is 45.0 Å². The largest absolute Gasteiger partial charge is 0.337 e. The predicted molar refractivity (Wildman–Crippen MR) is 87.0 cm³/mol. The molecule has 0 unspecified atom stereocenters. The Morgan fingerprint density at radius 3 is 2.44 bits per heavy atom. The number of benzene rings is 1. The Hall–Kier alpha value is -3.03. The maximum atomic E-state index is 12.3. The Morgan fingerprint density at radius 2 is 1.76 bits per heavy atom. The number of aryl methyl sites for hydroxylation is 1. The molecule has 2 heterocycles. The molecular formula is C17H18N4O4. The number of hydrogen-bond acceptors (Lipinski definition) is 6. The molecule has 3 rings (SSSR count). The summed E-state index contributed by atoms with van der Waals surface area (Å²) in [5, 5.41) is 3.89. The predicted octanol–water partition coefficient (Wildman–Crippen LogP) is 1.99. The standard InChI is InChI=1S/C17H18N4O4/c1-10(2)8-20-15(22)16(23)21(17(20)24)9-13-18-14(19-25-13)12-7-5-4-6-11(12)3/h4-7,10H,8-9H2,1-3H3. The van der Waals surface area contributed by atoms with Crippen LogP contribution in [0.2, 0.25) is 0 Å². The van der Waals surface area contributed by atoms with E-state index >= 15 is 0 Å². The molecule has 1 aliphatic heterocycles. The Bertz CT molecular complexity index is 843. The van der Waals surface area contributed by atoms with Crippen molar-refractivity contribution in [1.29, 1.82) is 0 Å². The molecule has 1 fully saturated rings. The molecule has 130 valence electrons. The van der Waals surface area contributed by atoms with Crippen LogP contribution in [-0.4, -0.2) is 44.3 Å². The Balaban J connectivity index is 1.79. The van der Waals surface area contributed by atoms with Crippen molar-refractivity contribution < 1.29 is 18.9 Å². The average Bonchev–Trinajstić information content (AvgIpc) is 3.10. The third-order valence-electron chi connectivity index (χ3n) is 3.83. The number of hydrogen-bond donors (Lipinski definition) is 0. The van der Waals surface area contributed by atoms with Crippen LogP contribution in [0.15, 0.2) is 28.8 Å². The maximum absolute atomic E-state index is 12.3. The van der Waals surface area contributed by atoms with Gasteiger partial charge < -0.3 is 4.52 Å². The monoisotopic (exact) mass is 342 g/mol. The van der Waals surface area contributed by atoms with E-state index in [4.69, 9.17) is 4.52 Å². The molecule has 1 aromatic carbocycles. The highest BCUT2D eigenvalue weighted by molar-refractivity contribution is 6.44. The van der Waals surface area contributed by atoms with E-state index in [-0.39, 0.29) is 24.9 Å². The van der Waals surface area contributed by atoms with Gasteiger partial charge in [0.2, 0.25) is 11.7 Å². The van der Waals surface area contributed by atoms with Crippen LogP contribution in [-0.2, 0) is 16.1 Å². The third kappa shape index (κ3) is 3.15. The molecule has 1 saturated heterocycles. The molecule has 4 amide bonds. The van der Waals surface area contributed by atoms with Crippen molar-refractivity contribution >= 4 is 17.8 Å². The Kier molecular flexibility index (Phi) is 4.35. The third-order valence-corrected chi connectivity index (χ3v) is 3.83. The fourth-order valence-electron chi connectivity index (χ4n) is 2.60. The fraction of sp³-hybridized carbons (Fsp3) is 0.353. The van der Waals surface area contributed by atoms with Crippen LogP contribution in [0.4, 0.5) is 4.79 Å². The van der Waals surface area contributed by atoms with Gasteiger partial charge in [-0.3, -0.25) is 14.5 Å². The maximum Gasteiger partial charge on any atom is 0.334 e. The molecule has 1 aromatic heterocycles. The van der Waals surface area contributed by atoms with Gasteiger partial charge >= 0.3 is 17.8 Å². The van der Waals surface area contributed by atoms with Crippen LogP contribution in [0.25, 0.3) is 11.4 Å². The van der Waals surface area contributed by atoms with Crippen molar-refractivity contribution in [2.75, 3.05) is 6.54 Å². The Labute approximate surface area is 144 Å². The number of amides is 4. The second kappa shape index (κ2) is 6.46. The van der Waals surface area contributed by atoms with E-state index in [0.717, 1.165) is 20.9 Å². The molecule has 0 atom stereocenters. The number of carbonyl (C=O) groups excluding carboxylic acids is 3. The van der Waals surface area contributed by atoms with Crippen LogP contribution in [0, 0.1) is 12.8 Å². The molecular weight excluding hydrogens is 324 g/mol. The molecule has 0 bridgehead atoms. The summed E-state index contributed by atoms with van der Waals surface area (Å²) in [7, 11) is 0. The van der Waals surface area contributed by atoms with E-state index < -0.39 is 17.8 Å². The minimum absolute atomic E-state index is 0.0664. The van der Waals surface area contributed by atoms with Gasteiger partial charge in [-0.2, -0.15) is 4.98 Å². The zero-order valence-electron chi connectivity index (χ0n) is 14.2. The molecule has 25 heavy (non-hydrogen) atoms. The quantitative estimate of drug-likeness (QED) is 0.609. The van der Waals surface area contributed by atoms with Crippen molar-refractivity contribution in [2.45, 2.75) is 27.3 Å². The van der Waals surface area contributed by atoms with Gasteiger partial charge in [0, 0.05) is 12.1 Å². The summed E-state index contributed by atoms with van der Waals surface area (Å²) in [4.78, 5) is 42.4. The van der Waals surface area contributed by atoms with Gasteiger partial charge in [0.25, 0.3) is 0 Å². The number of nitrogens with zero attached hydrogens (tertiary/aromatic N) is 4. The SMILES string of the molecule is Cc1ccccc1-c1noc(CN2C(=O)C(=O)N(CC(C)C)C2=O)n1. The first-order chi connectivity index (χ1) is 11.9. The second-order valence-corrected chi connectivity index (χ2v) is 6.31. The summed E-state index contributed by atoms with van der Waals surface area (Å²) < 4.78 is 5.15. The second-order valence-electron chi connectivity index (χ2n) is 6.31. The van der Waals surface area contributed by atoms with Crippen LogP contribution in [0.5, 0.6) is 0 Å². The summed E-state index contributed by atoms with van der Waals surface area (Å²) in [5.74, 6) is -1.16. The molecule has 0 saturated carbocycles. The van der Waals surface area contributed by atoms with Gasteiger partial charge in [-0.25, -0.2) is 9.69 Å². The van der Waals surface area contributed by atoms with Crippen molar-refractivity contribution in [2.24, 2.45) is 5.92 Å². The summed E-state index contributed by atoms with van der Waals surface area (Å²) in [6, 6.07) is 6.87. The van der Waals surface area contributed by atoms with Crippen molar-refractivity contribution in [1.82, 2.24) is 19.9 Å². The first-order valence-electron chi connectivity index (χ1n) is 7.94. The normalized spacial score (nSPS) is 15.0. The van der Waals surface area contributed by atoms with Crippen LogP contribution < -0.4 is 0 Å². The van der Waals surface area contributed by atoms with E-state index in [9.17, 15) is 14.4 Å². The molecule has 8 heteroatoms. The van der Waals surface area contributed by atoms with E-state index in [0.29, 0.717) is 5.82 Å². The first kappa shape index (κ1) is 16.8. The molecule has 2 aromatic rings. The lowest BCUT2D eigenvalue weighted by atomic mass is 10.1. The van der Waals surface area contributed by atoms with Gasteiger partial charge in [-0.1, -0.05) is 43.3 Å². The number of rotatable bonds is 5. The highest BCUT2D eigenvalue weighted by Gasteiger charge is 2.45. The molecule has 8 nitrogen and oxygen atoms in total. The minimum atomic E-state index is -0.874. The summed E-state index contributed by atoms with van der Waals surface area (Å²) >= 11 is 0. The van der Waals surface area contributed by atoms with Gasteiger partial charge in [-0.15, -0.1) is 0 Å². The lowest BCUT2D eigenvalue weighted by molar-refractivity contribution is -0.143. The highest BCUT2D eigenvalue weighted by Crippen LogP contribution is 2.21. The van der Waals surface area contributed by atoms with E-state index in [2.05, 4.69) is 10.1 Å². The minimum Gasteiger partial charge on any atom is -0.337 e. The van der Waals surface area contributed by atoms with Gasteiger partial charge in [0.1, 0.15) is 6.54 Å². The zero-order chi connectivity index (χ0) is 18.1. The van der Waals surface area contributed by atoms with Gasteiger partial charge in [-0.05, 0) is 18.4 Å². The first-order valence-corrected chi connectivity index (χ1v) is 7.94. The van der Waals surface area contributed by atoms with Crippen molar-refractivity contribution in [3.63, 3.8) is 0 Å². The number of aromatic nitrogens is 2. The fourth-order valence-corrected chi connectivity index (χ4v) is 2.60. The molecule has 1 aliphatic rings. The van der Waals surface area contributed by atoms with Crippen molar-refractivity contribution in [3.05, 3.63) is 35.7 Å². The van der Waals surface area contributed by atoms with E-state index in [1.54, 1.807) is 0 Å². The molecule has 0 spiro atoms. The average molecular weight is 342 g/mol. The topological polar surface area (TPSA) is 96.6 Å². The molecule has 0 aliphatic carbocycles. The number of imide groups is 2. The number of urea groups is 1. The van der Waals surface area contributed by atoms with Crippen LogP contribution in [0.1, 0.15) is 25.3 Å². The molecule has 0 N–H and O–H groups in total. The number of carbonyl (C=O) groups is 3. The van der Waals surface area contributed by atoms with Gasteiger partial charge in [0.05, 0.1) is 0 Å². The summed E-state index contributed by atoms with van der Waals surface area (Å²) in [6.07, 6.45) is 0. The van der Waals surface area contributed by atoms with Crippen LogP contribution >= 0.6 is 0 Å². The zero-order valence-corrected chi connectivity index (χ0v) is 14.2. The van der Waals surface area contributed by atoms with Crippen molar-refractivity contribution in [3.8, 4) is 11.4 Å². The van der Waals surface area contributed by atoms with Gasteiger partial charge in [0.15, 0.2) is 0 Å². The smallest absolute Gasteiger partial charge is 0.334 e. The molecule has 0 radical (unpaired) electrons. The van der Waals surface area contributed by atoms with E-state index in [1.165, 1.54) is 0 Å².